The highest BCUT2D eigenvalue weighted by atomic mass is 28.4. The summed E-state index contributed by atoms with van der Waals surface area (Å²) in [5.74, 6) is 0.631. The van der Waals surface area contributed by atoms with Gasteiger partial charge in [-0.1, -0.05) is 118 Å². The number of hydrogen-bond donors (Lipinski definition) is 0. The minimum Gasteiger partial charge on any atom is -0.397 e. The van der Waals surface area contributed by atoms with Crippen molar-refractivity contribution in [2.45, 2.75) is 129 Å². The maximum absolute atomic E-state index is 6.09. The van der Waals surface area contributed by atoms with Crippen molar-refractivity contribution in [2.24, 2.45) is 5.92 Å². The van der Waals surface area contributed by atoms with E-state index < -0.39 is 8.56 Å². The molecule has 1 atom stereocenters. The lowest BCUT2D eigenvalue weighted by Crippen LogP contribution is -2.52. The van der Waals surface area contributed by atoms with E-state index in [1.165, 1.54) is 83.5 Å². The van der Waals surface area contributed by atoms with Crippen LogP contribution in [0.1, 0.15) is 118 Å². The van der Waals surface area contributed by atoms with E-state index in [-0.39, 0.29) is 5.04 Å². The standard InChI is InChI=1S/C23H50O2Si/c1-8-10-11-12-13-14-15-16-17-18-19-20-21-26(24-6,25-7)23(4,5)22(3)9-2/h22H,8-21H2,1-7H3. The van der Waals surface area contributed by atoms with Crippen molar-refractivity contribution in [3.63, 3.8) is 0 Å². The van der Waals surface area contributed by atoms with Crippen LogP contribution in [0, 0.1) is 5.92 Å². The van der Waals surface area contributed by atoms with Gasteiger partial charge in [0.2, 0.25) is 0 Å². The topological polar surface area (TPSA) is 18.5 Å². The van der Waals surface area contributed by atoms with Gasteiger partial charge in [0.05, 0.1) is 0 Å². The van der Waals surface area contributed by atoms with Crippen LogP contribution in [0.4, 0.5) is 0 Å². The zero-order valence-electron chi connectivity index (χ0n) is 19.3. The van der Waals surface area contributed by atoms with Crippen LogP contribution in [0.15, 0.2) is 0 Å². The van der Waals surface area contributed by atoms with E-state index in [2.05, 4.69) is 34.6 Å². The van der Waals surface area contributed by atoms with Gasteiger partial charge >= 0.3 is 8.56 Å². The van der Waals surface area contributed by atoms with Crippen molar-refractivity contribution < 1.29 is 8.85 Å². The number of rotatable bonds is 18. The monoisotopic (exact) mass is 386 g/mol. The first-order chi connectivity index (χ1) is 12.4. The summed E-state index contributed by atoms with van der Waals surface area (Å²) in [6.45, 7) is 11.6. The highest BCUT2D eigenvalue weighted by Crippen LogP contribution is 2.48. The Morgan fingerprint density at radius 3 is 1.42 bits per heavy atom. The second kappa shape index (κ2) is 15.1. The molecule has 0 aliphatic heterocycles. The molecule has 0 aliphatic carbocycles. The van der Waals surface area contributed by atoms with E-state index >= 15 is 0 Å². The second-order valence-electron chi connectivity index (χ2n) is 8.83. The van der Waals surface area contributed by atoms with Crippen molar-refractivity contribution in [3.05, 3.63) is 0 Å². The molecule has 0 rings (SSSR count). The SMILES string of the molecule is CCCCCCCCCCCCCC[Si](OC)(OC)C(C)(C)C(C)CC. The average molecular weight is 387 g/mol. The van der Waals surface area contributed by atoms with Crippen LogP contribution in [0.2, 0.25) is 11.1 Å². The van der Waals surface area contributed by atoms with Gasteiger partial charge in [0.25, 0.3) is 0 Å². The number of unbranched alkanes of at least 4 members (excludes halogenated alkanes) is 11. The molecule has 0 radical (unpaired) electrons. The predicted molar refractivity (Wildman–Crippen MR) is 119 cm³/mol. The Morgan fingerprint density at radius 1 is 0.692 bits per heavy atom. The largest absolute Gasteiger partial charge is 0.397 e. The van der Waals surface area contributed by atoms with Crippen molar-refractivity contribution in [1.29, 1.82) is 0 Å². The molecule has 0 heterocycles. The average Bonchev–Trinajstić information content (AvgIpc) is 2.65. The highest BCUT2D eigenvalue weighted by molar-refractivity contribution is 6.70. The maximum Gasteiger partial charge on any atom is 0.343 e. The van der Waals surface area contributed by atoms with Crippen LogP contribution in [-0.2, 0) is 8.85 Å². The summed E-state index contributed by atoms with van der Waals surface area (Å²) in [6, 6.07) is 1.13. The van der Waals surface area contributed by atoms with Crippen LogP contribution < -0.4 is 0 Å². The minimum atomic E-state index is -2.15. The lowest BCUT2D eigenvalue weighted by atomic mass is 9.94. The van der Waals surface area contributed by atoms with E-state index in [1.54, 1.807) is 0 Å². The number of hydrogen-bond acceptors (Lipinski definition) is 2. The van der Waals surface area contributed by atoms with E-state index in [9.17, 15) is 0 Å². The lowest BCUT2D eigenvalue weighted by molar-refractivity contribution is 0.185. The molecule has 26 heavy (non-hydrogen) atoms. The smallest absolute Gasteiger partial charge is 0.343 e. The zero-order chi connectivity index (χ0) is 19.9. The molecule has 0 amide bonds. The quantitative estimate of drug-likeness (QED) is 0.174. The van der Waals surface area contributed by atoms with Crippen molar-refractivity contribution in [2.75, 3.05) is 14.2 Å². The zero-order valence-corrected chi connectivity index (χ0v) is 20.3. The molecule has 3 heteroatoms. The molecular weight excluding hydrogens is 336 g/mol. The first kappa shape index (κ1) is 26.1. The molecule has 0 aliphatic rings. The summed E-state index contributed by atoms with van der Waals surface area (Å²) < 4.78 is 12.2. The van der Waals surface area contributed by atoms with Crippen molar-refractivity contribution >= 4 is 8.56 Å². The van der Waals surface area contributed by atoms with Crippen molar-refractivity contribution in [3.8, 4) is 0 Å². The Hall–Kier alpha value is 0.137. The van der Waals surface area contributed by atoms with Crippen LogP contribution in [0.3, 0.4) is 0 Å². The summed E-state index contributed by atoms with van der Waals surface area (Å²) in [5, 5.41) is 0.156. The Kier molecular flexibility index (Phi) is 15.2. The fourth-order valence-corrected chi connectivity index (χ4v) is 8.16. The van der Waals surface area contributed by atoms with Crippen molar-refractivity contribution in [1.82, 2.24) is 0 Å². The third kappa shape index (κ3) is 8.88. The molecule has 0 aromatic carbocycles. The van der Waals surface area contributed by atoms with Gasteiger partial charge in [0, 0.05) is 19.3 Å². The molecule has 0 fully saturated rings. The van der Waals surface area contributed by atoms with Gasteiger partial charge in [-0.3, -0.25) is 0 Å². The summed E-state index contributed by atoms with van der Waals surface area (Å²) in [4.78, 5) is 0. The first-order valence-corrected chi connectivity index (χ1v) is 13.5. The summed E-state index contributed by atoms with van der Waals surface area (Å²) in [5.41, 5.74) is 0. The molecule has 0 saturated carbocycles. The summed E-state index contributed by atoms with van der Waals surface area (Å²) in [7, 11) is 1.60. The molecule has 0 bridgehead atoms. The lowest BCUT2D eigenvalue weighted by Gasteiger charge is -2.45. The fourth-order valence-electron chi connectivity index (χ4n) is 4.22. The van der Waals surface area contributed by atoms with Crippen LogP contribution in [0.25, 0.3) is 0 Å². The molecule has 0 aromatic heterocycles. The maximum atomic E-state index is 6.09. The minimum absolute atomic E-state index is 0.156. The van der Waals surface area contributed by atoms with Gasteiger partial charge in [0.15, 0.2) is 0 Å². The molecular formula is C23H50O2Si. The van der Waals surface area contributed by atoms with E-state index in [0.29, 0.717) is 5.92 Å². The molecule has 0 spiro atoms. The predicted octanol–water partition coefficient (Wildman–Crippen LogP) is 8.25. The Labute approximate surface area is 167 Å². The third-order valence-corrected chi connectivity index (χ3v) is 11.6. The molecule has 2 nitrogen and oxygen atoms in total. The van der Waals surface area contributed by atoms with Crippen LogP contribution in [-0.4, -0.2) is 22.8 Å². The molecule has 0 N–H and O–H groups in total. The third-order valence-electron chi connectivity index (χ3n) is 6.85. The molecule has 0 aromatic rings. The van der Waals surface area contributed by atoms with Crippen LogP contribution in [0.5, 0.6) is 0 Å². The Morgan fingerprint density at radius 2 is 1.08 bits per heavy atom. The van der Waals surface area contributed by atoms with Gasteiger partial charge < -0.3 is 8.85 Å². The molecule has 0 saturated heterocycles. The molecule has 158 valence electrons. The van der Waals surface area contributed by atoms with Gasteiger partial charge in [0.1, 0.15) is 0 Å². The van der Waals surface area contributed by atoms with E-state index in [0.717, 1.165) is 6.04 Å². The van der Waals surface area contributed by atoms with Gasteiger partial charge in [-0.25, -0.2) is 0 Å². The molecule has 1 unspecified atom stereocenters. The van der Waals surface area contributed by atoms with E-state index in [1.807, 2.05) is 14.2 Å². The van der Waals surface area contributed by atoms with Gasteiger partial charge in [-0.2, -0.15) is 0 Å². The fraction of sp³-hybridized carbons (Fsp3) is 1.00. The normalized spacial score (nSPS) is 14.0. The van der Waals surface area contributed by atoms with Gasteiger partial charge in [-0.05, 0) is 12.0 Å². The summed E-state index contributed by atoms with van der Waals surface area (Å²) in [6.07, 6.45) is 17.9. The first-order valence-electron chi connectivity index (χ1n) is 11.5. The van der Waals surface area contributed by atoms with Crippen LogP contribution >= 0.6 is 0 Å². The highest BCUT2D eigenvalue weighted by Gasteiger charge is 2.52. The Balaban J connectivity index is 3.95. The summed E-state index contributed by atoms with van der Waals surface area (Å²) >= 11 is 0. The Bertz CT molecular complexity index is 313. The van der Waals surface area contributed by atoms with E-state index in [4.69, 9.17) is 8.85 Å². The second-order valence-corrected chi connectivity index (χ2v) is 12.9. The van der Waals surface area contributed by atoms with Gasteiger partial charge in [-0.15, -0.1) is 0 Å².